The van der Waals surface area contributed by atoms with Crippen molar-refractivity contribution in [2.24, 2.45) is 0 Å². The van der Waals surface area contributed by atoms with Gasteiger partial charge in [-0.25, -0.2) is 4.79 Å². The summed E-state index contributed by atoms with van der Waals surface area (Å²) in [5.74, 6) is 0. The standard InChI is InChI=1S/C16H25N3O2/c1-12-10-19(11-13(2)21-12)16(20)17-9-14-5-7-15(8-6-14)18(3)4/h5-8,12-13H,9-11H2,1-4H3,(H,17,20)/t12-,13-/m0/s1. The van der Waals surface area contributed by atoms with Crippen molar-refractivity contribution < 1.29 is 9.53 Å². The van der Waals surface area contributed by atoms with Gasteiger partial charge >= 0.3 is 6.03 Å². The Labute approximate surface area is 126 Å². The van der Waals surface area contributed by atoms with Crippen LogP contribution in [0.3, 0.4) is 0 Å². The summed E-state index contributed by atoms with van der Waals surface area (Å²) in [6.07, 6.45) is 0.192. The highest BCUT2D eigenvalue weighted by molar-refractivity contribution is 5.74. The molecule has 1 aliphatic heterocycles. The average molecular weight is 291 g/mol. The third kappa shape index (κ3) is 4.36. The quantitative estimate of drug-likeness (QED) is 0.927. The van der Waals surface area contributed by atoms with Crippen molar-refractivity contribution in [2.75, 3.05) is 32.1 Å². The summed E-state index contributed by atoms with van der Waals surface area (Å²) < 4.78 is 5.64. The fraction of sp³-hybridized carbons (Fsp3) is 0.562. The minimum absolute atomic E-state index is 0.0197. The first-order valence-corrected chi connectivity index (χ1v) is 7.40. The average Bonchev–Trinajstić information content (AvgIpc) is 2.44. The van der Waals surface area contributed by atoms with E-state index in [1.54, 1.807) is 0 Å². The lowest BCUT2D eigenvalue weighted by Gasteiger charge is -2.35. The molecule has 0 bridgehead atoms. The molecule has 2 amide bonds. The molecular weight excluding hydrogens is 266 g/mol. The topological polar surface area (TPSA) is 44.8 Å². The Morgan fingerprint density at radius 1 is 1.24 bits per heavy atom. The number of carbonyl (C=O) groups excluding carboxylic acids is 1. The number of rotatable bonds is 3. The molecule has 0 aromatic heterocycles. The summed E-state index contributed by atoms with van der Waals surface area (Å²) in [5.41, 5.74) is 2.25. The largest absolute Gasteiger partial charge is 0.378 e. The number of urea groups is 1. The van der Waals surface area contributed by atoms with E-state index >= 15 is 0 Å². The number of hydrogen-bond donors (Lipinski definition) is 1. The molecule has 1 heterocycles. The molecule has 0 spiro atoms. The summed E-state index contributed by atoms with van der Waals surface area (Å²) in [6, 6.07) is 8.18. The Hall–Kier alpha value is -1.75. The predicted octanol–water partition coefficient (Wildman–Crippen LogP) is 2.07. The van der Waals surface area contributed by atoms with E-state index in [0.717, 1.165) is 11.3 Å². The molecule has 2 rings (SSSR count). The smallest absolute Gasteiger partial charge is 0.317 e. The number of anilines is 1. The fourth-order valence-corrected chi connectivity index (χ4v) is 2.55. The molecule has 1 aromatic rings. The normalized spacial score (nSPS) is 22.0. The molecule has 1 fully saturated rings. The van der Waals surface area contributed by atoms with Crippen LogP contribution in [0.4, 0.5) is 10.5 Å². The second kappa shape index (κ2) is 6.80. The fourth-order valence-electron chi connectivity index (χ4n) is 2.55. The Morgan fingerprint density at radius 2 is 1.81 bits per heavy atom. The molecule has 0 radical (unpaired) electrons. The molecule has 0 aliphatic carbocycles. The van der Waals surface area contributed by atoms with Crippen LogP contribution in [0.5, 0.6) is 0 Å². The van der Waals surface area contributed by atoms with Crippen LogP contribution in [-0.4, -0.2) is 50.3 Å². The first-order valence-electron chi connectivity index (χ1n) is 7.40. The second-order valence-electron chi connectivity index (χ2n) is 5.88. The number of benzene rings is 1. The number of morpholine rings is 1. The van der Waals surface area contributed by atoms with Gasteiger partial charge in [0.25, 0.3) is 0 Å². The molecule has 1 saturated heterocycles. The van der Waals surface area contributed by atoms with Crippen molar-refractivity contribution in [1.29, 1.82) is 0 Å². The maximum atomic E-state index is 12.2. The van der Waals surface area contributed by atoms with Crippen molar-refractivity contribution in [3.63, 3.8) is 0 Å². The van der Waals surface area contributed by atoms with Crippen molar-refractivity contribution >= 4 is 11.7 Å². The van der Waals surface area contributed by atoms with Gasteiger partial charge < -0.3 is 19.9 Å². The lowest BCUT2D eigenvalue weighted by Crippen LogP contribution is -2.51. The van der Waals surface area contributed by atoms with Crippen LogP contribution in [0.15, 0.2) is 24.3 Å². The molecule has 5 heteroatoms. The van der Waals surface area contributed by atoms with Gasteiger partial charge in [0.15, 0.2) is 0 Å². The Balaban J connectivity index is 1.86. The zero-order valence-corrected chi connectivity index (χ0v) is 13.3. The van der Waals surface area contributed by atoms with Crippen LogP contribution in [0.2, 0.25) is 0 Å². The van der Waals surface area contributed by atoms with Crippen molar-refractivity contribution in [3.8, 4) is 0 Å². The van der Waals surface area contributed by atoms with E-state index < -0.39 is 0 Å². The molecule has 0 unspecified atom stereocenters. The summed E-state index contributed by atoms with van der Waals surface area (Å²) in [6.45, 7) is 5.84. The summed E-state index contributed by atoms with van der Waals surface area (Å²) in [4.78, 5) is 16.1. The monoisotopic (exact) mass is 291 g/mol. The highest BCUT2D eigenvalue weighted by Gasteiger charge is 2.25. The van der Waals surface area contributed by atoms with Crippen LogP contribution < -0.4 is 10.2 Å². The Morgan fingerprint density at radius 3 is 2.33 bits per heavy atom. The number of hydrogen-bond acceptors (Lipinski definition) is 3. The van der Waals surface area contributed by atoms with Crippen LogP contribution >= 0.6 is 0 Å². The molecular formula is C16H25N3O2. The maximum absolute atomic E-state index is 12.2. The second-order valence-corrected chi connectivity index (χ2v) is 5.88. The number of carbonyl (C=O) groups is 1. The molecule has 0 saturated carbocycles. The number of ether oxygens (including phenoxy) is 1. The van der Waals surface area contributed by atoms with Gasteiger partial charge in [-0.2, -0.15) is 0 Å². The van der Waals surface area contributed by atoms with Gasteiger partial charge in [-0.15, -0.1) is 0 Å². The third-order valence-corrected chi connectivity index (χ3v) is 3.60. The number of nitrogens with one attached hydrogen (secondary N) is 1. The summed E-state index contributed by atoms with van der Waals surface area (Å²) in [5, 5.41) is 2.98. The van der Waals surface area contributed by atoms with Gasteiger partial charge in [0, 0.05) is 39.4 Å². The van der Waals surface area contributed by atoms with E-state index in [2.05, 4.69) is 22.3 Å². The van der Waals surface area contributed by atoms with E-state index in [-0.39, 0.29) is 18.2 Å². The number of nitrogens with zero attached hydrogens (tertiary/aromatic N) is 2. The molecule has 1 aromatic carbocycles. The first kappa shape index (κ1) is 15.6. The summed E-state index contributed by atoms with van der Waals surface area (Å²) >= 11 is 0. The van der Waals surface area contributed by atoms with Gasteiger partial charge in [-0.3, -0.25) is 0 Å². The van der Waals surface area contributed by atoms with Crippen LogP contribution in [-0.2, 0) is 11.3 Å². The summed E-state index contributed by atoms with van der Waals surface area (Å²) in [7, 11) is 4.02. The predicted molar refractivity (Wildman–Crippen MR) is 84.6 cm³/mol. The molecule has 5 nitrogen and oxygen atoms in total. The molecule has 1 N–H and O–H groups in total. The van der Waals surface area contributed by atoms with Crippen LogP contribution in [0.25, 0.3) is 0 Å². The van der Waals surface area contributed by atoms with Gasteiger partial charge in [0.2, 0.25) is 0 Å². The van der Waals surface area contributed by atoms with E-state index in [4.69, 9.17) is 4.74 Å². The SMILES string of the molecule is C[C@H]1CN(C(=O)NCc2ccc(N(C)C)cc2)C[C@H](C)O1. The van der Waals surface area contributed by atoms with E-state index in [1.807, 2.05) is 45.0 Å². The molecule has 2 atom stereocenters. The van der Waals surface area contributed by atoms with Crippen LogP contribution in [0, 0.1) is 0 Å². The third-order valence-electron chi connectivity index (χ3n) is 3.60. The Bertz CT molecular complexity index is 463. The highest BCUT2D eigenvalue weighted by Crippen LogP contribution is 2.13. The molecule has 21 heavy (non-hydrogen) atoms. The van der Waals surface area contributed by atoms with E-state index in [1.165, 1.54) is 0 Å². The van der Waals surface area contributed by atoms with Crippen molar-refractivity contribution in [3.05, 3.63) is 29.8 Å². The van der Waals surface area contributed by atoms with E-state index in [0.29, 0.717) is 19.6 Å². The van der Waals surface area contributed by atoms with Gasteiger partial charge in [-0.1, -0.05) is 12.1 Å². The highest BCUT2D eigenvalue weighted by atomic mass is 16.5. The zero-order valence-electron chi connectivity index (χ0n) is 13.3. The zero-order chi connectivity index (χ0) is 15.4. The molecule has 1 aliphatic rings. The first-order chi connectivity index (χ1) is 9.95. The van der Waals surface area contributed by atoms with Crippen molar-refractivity contribution in [1.82, 2.24) is 10.2 Å². The minimum Gasteiger partial charge on any atom is -0.378 e. The maximum Gasteiger partial charge on any atom is 0.317 e. The molecule has 116 valence electrons. The Kier molecular flexibility index (Phi) is 5.07. The lowest BCUT2D eigenvalue weighted by molar-refractivity contribution is -0.0545. The lowest BCUT2D eigenvalue weighted by atomic mass is 10.2. The van der Waals surface area contributed by atoms with Crippen molar-refractivity contribution in [2.45, 2.75) is 32.6 Å². The van der Waals surface area contributed by atoms with Gasteiger partial charge in [-0.05, 0) is 31.5 Å². The van der Waals surface area contributed by atoms with Crippen LogP contribution in [0.1, 0.15) is 19.4 Å². The number of amides is 2. The minimum atomic E-state index is -0.0197. The van der Waals surface area contributed by atoms with Gasteiger partial charge in [0.05, 0.1) is 12.2 Å². The van der Waals surface area contributed by atoms with Gasteiger partial charge in [0.1, 0.15) is 0 Å². The van der Waals surface area contributed by atoms with E-state index in [9.17, 15) is 4.79 Å².